The number of likely N-dealkylation sites (tertiary alicyclic amines) is 1. The van der Waals surface area contributed by atoms with Crippen LogP contribution >= 0.6 is 11.3 Å². The summed E-state index contributed by atoms with van der Waals surface area (Å²) in [7, 11) is 0. The van der Waals surface area contributed by atoms with Gasteiger partial charge in [-0.05, 0) is 56.4 Å². The Labute approximate surface area is 173 Å². The molecule has 8 nitrogen and oxygen atoms in total. The zero-order valence-corrected chi connectivity index (χ0v) is 17.2. The van der Waals surface area contributed by atoms with Crippen molar-refractivity contribution in [2.24, 2.45) is 0 Å². The normalized spacial score (nSPS) is 15.4. The molecule has 0 atom stereocenters. The number of rotatable bonds is 7. The van der Waals surface area contributed by atoms with E-state index in [9.17, 15) is 9.59 Å². The summed E-state index contributed by atoms with van der Waals surface area (Å²) in [4.78, 5) is 28.4. The smallest absolute Gasteiger partial charge is 0.293 e. The second kappa shape index (κ2) is 9.32. The van der Waals surface area contributed by atoms with Crippen LogP contribution in [0.3, 0.4) is 0 Å². The van der Waals surface area contributed by atoms with E-state index in [1.165, 1.54) is 41.2 Å². The lowest BCUT2D eigenvalue weighted by Gasteiger charge is -2.19. The van der Waals surface area contributed by atoms with Gasteiger partial charge in [0.25, 0.3) is 5.56 Å². The molecule has 1 fully saturated rings. The molecule has 0 aliphatic carbocycles. The molecular formula is C20H26N6O2S. The molecule has 9 heteroatoms. The molecule has 1 N–H and O–H groups in total. The molecule has 1 saturated heterocycles. The number of carbonyl (C=O) groups is 1. The summed E-state index contributed by atoms with van der Waals surface area (Å²) >= 11 is 1.56. The van der Waals surface area contributed by atoms with Gasteiger partial charge in [0.2, 0.25) is 5.91 Å². The number of fused-ring (bicyclic) bond motifs is 1. The first-order valence-electron chi connectivity index (χ1n) is 10.2. The van der Waals surface area contributed by atoms with Crippen molar-refractivity contribution >= 4 is 22.8 Å². The van der Waals surface area contributed by atoms with E-state index in [0.717, 1.165) is 36.6 Å². The maximum atomic E-state index is 12.7. The van der Waals surface area contributed by atoms with Gasteiger partial charge >= 0.3 is 0 Å². The summed E-state index contributed by atoms with van der Waals surface area (Å²) in [6.07, 6.45) is 7.58. The molecule has 29 heavy (non-hydrogen) atoms. The van der Waals surface area contributed by atoms with Crippen molar-refractivity contribution < 1.29 is 4.79 Å². The van der Waals surface area contributed by atoms with Crippen LogP contribution in [0.2, 0.25) is 0 Å². The van der Waals surface area contributed by atoms with Gasteiger partial charge in [0.15, 0.2) is 0 Å². The van der Waals surface area contributed by atoms with Crippen molar-refractivity contribution in [2.75, 3.05) is 26.2 Å². The van der Waals surface area contributed by atoms with E-state index >= 15 is 0 Å². The summed E-state index contributed by atoms with van der Waals surface area (Å²) in [5, 5.41) is 13.4. The van der Waals surface area contributed by atoms with Gasteiger partial charge < -0.3 is 10.2 Å². The molecule has 1 aliphatic rings. The van der Waals surface area contributed by atoms with E-state index in [4.69, 9.17) is 0 Å². The van der Waals surface area contributed by atoms with Crippen LogP contribution in [0.1, 0.15) is 32.1 Å². The molecule has 154 valence electrons. The molecule has 0 radical (unpaired) electrons. The average molecular weight is 415 g/mol. The van der Waals surface area contributed by atoms with Gasteiger partial charge in [0.1, 0.15) is 24.1 Å². The Kier molecular flexibility index (Phi) is 6.36. The van der Waals surface area contributed by atoms with Crippen LogP contribution in [-0.2, 0) is 11.3 Å². The fourth-order valence-electron chi connectivity index (χ4n) is 3.68. The highest BCUT2D eigenvalue weighted by atomic mass is 32.1. The number of hydrogen-bond donors (Lipinski definition) is 1. The SMILES string of the molecule is O=C(Cn1ncn2nc(-c3cccs3)cc2c1=O)NCCCN1CCCCCC1. The molecule has 4 rings (SSSR count). The zero-order chi connectivity index (χ0) is 20.1. The predicted molar refractivity (Wildman–Crippen MR) is 113 cm³/mol. The quantitative estimate of drug-likeness (QED) is 0.598. The molecule has 0 saturated carbocycles. The summed E-state index contributed by atoms with van der Waals surface area (Å²) in [6.45, 7) is 3.85. The Morgan fingerprint density at radius 1 is 1.21 bits per heavy atom. The number of carbonyl (C=O) groups excluding carboxylic acids is 1. The standard InChI is InChI=1S/C20H26N6O2S/c27-19(21-8-6-11-24-9-3-1-2-4-10-24)14-25-20(28)17-13-16(18-7-5-12-29-18)23-26(17)15-22-25/h5,7,12-13,15H,1-4,6,8-11,14H2,(H,21,27). The Balaban J connectivity index is 1.32. The van der Waals surface area contributed by atoms with E-state index in [-0.39, 0.29) is 18.0 Å². The lowest BCUT2D eigenvalue weighted by atomic mass is 10.2. The van der Waals surface area contributed by atoms with Gasteiger partial charge in [-0.2, -0.15) is 10.2 Å². The van der Waals surface area contributed by atoms with Crippen LogP contribution in [0.25, 0.3) is 16.1 Å². The van der Waals surface area contributed by atoms with Crippen LogP contribution in [0.4, 0.5) is 0 Å². The molecule has 1 amide bonds. The number of amides is 1. The molecule has 0 spiro atoms. The maximum Gasteiger partial charge on any atom is 0.293 e. The number of nitrogens with zero attached hydrogens (tertiary/aromatic N) is 5. The first kappa shape index (κ1) is 19.8. The topological polar surface area (TPSA) is 84.5 Å². The van der Waals surface area contributed by atoms with Crippen molar-refractivity contribution in [1.29, 1.82) is 0 Å². The summed E-state index contributed by atoms with van der Waals surface area (Å²) < 4.78 is 2.66. The van der Waals surface area contributed by atoms with Gasteiger partial charge in [-0.1, -0.05) is 18.9 Å². The van der Waals surface area contributed by atoms with E-state index in [1.807, 2.05) is 17.5 Å². The molecule has 0 aromatic carbocycles. The fourth-order valence-corrected chi connectivity index (χ4v) is 4.36. The van der Waals surface area contributed by atoms with Gasteiger partial charge in [-0.3, -0.25) is 9.59 Å². The number of nitrogens with one attached hydrogen (secondary N) is 1. The lowest BCUT2D eigenvalue weighted by Crippen LogP contribution is -2.36. The molecule has 0 bridgehead atoms. The monoisotopic (exact) mass is 414 g/mol. The third-order valence-electron chi connectivity index (χ3n) is 5.23. The third kappa shape index (κ3) is 4.91. The summed E-state index contributed by atoms with van der Waals surface area (Å²) in [6, 6.07) is 5.64. The third-order valence-corrected chi connectivity index (χ3v) is 6.12. The van der Waals surface area contributed by atoms with Crippen LogP contribution in [0, 0.1) is 0 Å². The highest BCUT2D eigenvalue weighted by Crippen LogP contribution is 2.23. The highest BCUT2D eigenvalue weighted by Gasteiger charge is 2.13. The molecule has 4 heterocycles. The fraction of sp³-hybridized carbons (Fsp3) is 0.500. The Bertz CT molecular complexity index is 1000. The van der Waals surface area contributed by atoms with E-state index in [2.05, 4.69) is 20.4 Å². The number of thiophene rings is 1. The minimum Gasteiger partial charge on any atom is -0.354 e. The van der Waals surface area contributed by atoms with E-state index in [0.29, 0.717) is 12.1 Å². The van der Waals surface area contributed by atoms with Crippen LogP contribution < -0.4 is 10.9 Å². The average Bonchev–Trinajstić information content (AvgIpc) is 3.33. The van der Waals surface area contributed by atoms with Gasteiger partial charge in [0, 0.05) is 6.54 Å². The Hall–Kier alpha value is -2.52. The van der Waals surface area contributed by atoms with Crippen molar-refractivity contribution in [2.45, 2.75) is 38.6 Å². The minimum absolute atomic E-state index is 0.0848. The molecule has 1 aliphatic heterocycles. The van der Waals surface area contributed by atoms with Crippen molar-refractivity contribution in [1.82, 2.24) is 29.6 Å². The first-order valence-corrected chi connectivity index (χ1v) is 11.1. The van der Waals surface area contributed by atoms with Crippen LogP contribution in [-0.4, -0.2) is 56.4 Å². The predicted octanol–water partition coefficient (Wildman–Crippen LogP) is 2.00. The van der Waals surface area contributed by atoms with Crippen LogP contribution in [0.5, 0.6) is 0 Å². The Morgan fingerprint density at radius 3 is 2.79 bits per heavy atom. The highest BCUT2D eigenvalue weighted by molar-refractivity contribution is 7.13. The number of aromatic nitrogens is 4. The van der Waals surface area contributed by atoms with Gasteiger partial charge in [0.05, 0.1) is 4.88 Å². The van der Waals surface area contributed by atoms with Crippen molar-refractivity contribution in [3.63, 3.8) is 0 Å². The van der Waals surface area contributed by atoms with E-state index in [1.54, 1.807) is 17.4 Å². The molecule has 3 aromatic rings. The van der Waals surface area contributed by atoms with Crippen LogP contribution in [0.15, 0.2) is 34.7 Å². The summed E-state index contributed by atoms with van der Waals surface area (Å²) in [5.74, 6) is -0.196. The lowest BCUT2D eigenvalue weighted by molar-refractivity contribution is -0.121. The molecule has 3 aromatic heterocycles. The molecule has 0 unspecified atom stereocenters. The van der Waals surface area contributed by atoms with Gasteiger partial charge in [-0.25, -0.2) is 9.20 Å². The maximum absolute atomic E-state index is 12.7. The van der Waals surface area contributed by atoms with Crippen molar-refractivity contribution in [3.8, 4) is 10.6 Å². The number of hydrogen-bond acceptors (Lipinski definition) is 6. The first-order chi connectivity index (χ1) is 14.2. The minimum atomic E-state index is -0.317. The second-order valence-corrected chi connectivity index (χ2v) is 8.34. The zero-order valence-electron chi connectivity index (χ0n) is 16.4. The Morgan fingerprint density at radius 2 is 2.03 bits per heavy atom. The van der Waals surface area contributed by atoms with Crippen molar-refractivity contribution in [3.05, 3.63) is 40.3 Å². The summed E-state index contributed by atoms with van der Waals surface area (Å²) in [5.41, 5.74) is 0.828. The van der Waals surface area contributed by atoms with Gasteiger partial charge in [-0.15, -0.1) is 11.3 Å². The second-order valence-electron chi connectivity index (χ2n) is 7.39. The van der Waals surface area contributed by atoms with E-state index < -0.39 is 0 Å². The largest absolute Gasteiger partial charge is 0.354 e. The molecular weight excluding hydrogens is 388 g/mol.